The van der Waals surface area contributed by atoms with Crippen LogP contribution < -0.4 is 5.32 Å². The number of aliphatic imine (C=N–C) groups is 1. The summed E-state index contributed by atoms with van der Waals surface area (Å²) >= 11 is 5.96. The van der Waals surface area contributed by atoms with Gasteiger partial charge in [0.2, 0.25) is 17.3 Å². The Kier molecular flexibility index (Phi) is 10.2. The number of nitrogens with zero attached hydrogens (tertiary/aromatic N) is 1. The highest BCUT2D eigenvalue weighted by atomic mass is 35.5. The van der Waals surface area contributed by atoms with Gasteiger partial charge in [0, 0.05) is 48.9 Å². The van der Waals surface area contributed by atoms with Gasteiger partial charge in [-0.05, 0) is 48.7 Å². The van der Waals surface area contributed by atoms with Crippen LogP contribution in [0.25, 0.3) is 0 Å². The van der Waals surface area contributed by atoms with Crippen molar-refractivity contribution in [1.82, 2.24) is 5.32 Å². The number of carbonyl (C=O) groups is 5. The molecule has 0 bridgehead atoms. The molecule has 17 heteroatoms. The number of carbonyl (C=O) groups excluding carboxylic acids is 5. The molecule has 4 aliphatic rings. The fraction of sp³-hybridized carbons (Fsp3) is 0.400. The van der Waals surface area contributed by atoms with Crippen molar-refractivity contribution in [1.29, 1.82) is 0 Å². The average molecular weight is 807 g/mol. The number of aryl methyl sites for hydroxylation is 1. The number of benzene rings is 3. The van der Waals surface area contributed by atoms with E-state index < -0.39 is 141 Å². The molecule has 3 aromatic carbocycles. The monoisotopic (exact) mass is 806 g/mol. The standard InChI is InChI=1S/C40H39ClN2O14/c1-15-9-18-10-25(46)40(56-4)36(52)28-21(35(51)39(40,54)29(18)33(50)26(15)37(53)42-13-17-5-7-19(41)8-6-17)11-20-27(32(28)49)24(45)12-23(30(20)47)43-38-22(14-44)31(48)34(55-3)16(2)57-38/h5-9,11,16,22,25,31,34,38,44,46,48-50,54H,10,12-14H2,1-4H3,(H,42,53)/t16-,22?,25+,31-,34-,38?,39-,40+/m0/s1. The summed E-state index contributed by atoms with van der Waals surface area (Å²) in [5, 5.41) is 71.7. The van der Waals surface area contributed by atoms with E-state index >= 15 is 0 Å². The zero-order chi connectivity index (χ0) is 41.5. The molecule has 0 saturated carbocycles. The molecule has 1 fully saturated rings. The molecule has 0 spiro atoms. The summed E-state index contributed by atoms with van der Waals surface area (Å²) in [5.74, 6) is -8.49. The van der Waals surface area contributed by atoms with Gasteiger partial charge in [-0.1, -0.05) is 29.8 Å². The lowest BCUT2D eigenvalue weighted by Gasteiger charge is -2.53. The molecular weight excluding hydrogens is 768 g/mol. The predicted molar refractivity (Wildman–Crippen MR) is 198 cm³/mol. The second-order valence-electron chi connectivity index (χ2n) is 14.6. The number of aliphatic hydroxyl groups is 4. The van der Waals surface area contributed by atoms with E-state index in [1.54, 1.807) is 31.2 Å². The van der Waals surface area contributed by atoms with Gasteiger partial charge in [-0.2, -0.15) is 0 Å². The first-order chi connectivity index (χ1) is 27.0. The number of methoxy groups -OCH3 is 2. The summed E-state index contributed by atoms with van der Waals surface area (Å²) in [5.41, 5.74) is -9.51. The molecule has 300 valence electrons. The maximum atomic E-state index is 14.8. The van der Waals surface area contributed by atoms with Crippen molar-refractivity contribution in [2.24, 2.45) is 10.9 Å². The molecule has 2 unspecified atom stereocenters. The van der Waals surface area contributed by atoms with Gasteiger partial charge in [0.05, 0.1) is 59.7 Å². The second-order valence-corrected chi connectivity index (χ2v) is 15.1. The number of amides is 1. The van der Waals surface area contributed by atoms with E-state index in [1.165, 1.54) is 20.1 Å². The maximum absolute atomic E-state index is 14.8. The van der Waals surface area contributed by atoms with Crippen LogP contribution in [0.2, 0.25) is 5.02 Å². The summed E-state index contributed by atoms with van der Waals surface area (Å²) in [4.78, 5) is 75.1. The topological polar surface area (TPSA) is 259 Å². The van der Waals surface area contributed by atoms with Gasteiger partial charge in [-0.15, -0.1) is 0 Å². The molecule has 3 aliphatic carbocycles. The number of rotatable bonds is 7. The minimum Gasteiger partial charge on any atom is -0.507 e. The van der Waals surface area contributed by atoms with Crippen LogP contribution in [-0.2, 0) is 32.8 Å². The van der Waals surface area contributed by atoms with Crippen molar-refractivity contribution >= 4 is 46.4 Å². The molecule has 7 N–H and O–H groups in total. The van der Waals surface area contributed by atoms with Gasteiger partial charge in [-0.25, -0.2) is 0 Å². The van der Waals surface area contributed by atoms with Crippen molar-refractivity contribution in [2.45, 2.75) is 75.1 Å². The number of aliphatic hydroxyl groups excluding tert-OH is 3. The molecule has 8 atom stereocenters. The van der Waals surface area contributed by atoms with Gasteiger partial charge in [0.25, 0.3) is 5.91 Å². The number of aromatic hydroxyl groups is 2. The maximum Gasteiger partial charge on any atom is 0.255 e. The summed E-state index contributed by atoms with van der Waals surface area (Å²) < 4.78 is 16.7. The zero-order valence-electron chi connectivity index (χ0n) is 31.0. The van der Waals surface area contributed by atoms with Crippen molar-refractivity contribution in [2.75, 3.05) is 20.8 Å². The van der Waals surface area contributed by atoms with E-state index in [-0.39, 0.29) is 23.2 Å². The Balaban J connectivity index is 1.35. The second kappa shape index (κ2) is 14.5. The lowest BCUT2D eigenvalue weighted by atomic mass is 9.56. The molecular formula is C40H39ClN2O14. The zero-order valence-corrected chi connectivity index (χ0v) is 31.8. The van der Waals surface area contributed by atoms with Gasteiger partial charge >= 0.3 is 0 Å². The fourth-order valence-electron chi connectivity index (χ4n) is 8.74. The van der Waals surface area contributed by atoms with Crippen molar-refractivity contribution < 1.29 is 68.8 Å². The first kappa shape index (κ1) is 40.3. The highest BCUT2D eigenvalue weighted by molar-refractivity contribution is 6.53. The van der Waals surface area contributed by atoms with Crippen molar-refractivity contribution in [3.05, 3.63) is 91.5 Å². The Hall–Kier alpha value is -4.91. The van der Waals surface area contributed by atoms with Crippen molar-refractivity contribution in [3.63, 3.8) is 0 Å². The molecule has 1 aliphatic heterocycles. The number of halogens is 1. The van der Waals surface area contributed by atoms with Gasteiger partial charge in [0.1, 0.15) is 17.6 Å². The number of fused-ring (bicyclic) bond motifs is 5. The highest BCUT2D eigenvalue weighted by Crippen LogP contribution is 2.56. The van der Waals surface area contributed by atoms with Gasteiger partial charge < -0.3 is 50.2 Å². The van der Waals surface area contributed by atoms with Crippen LogP contribution >= 0.6 is 11.6 Å². The number of hydrogen-bond acceptors (Lipinski definition) is 15. The molecule has 3 aromatic rings. The Morgan fingerprint density at radius 1 is 1.02 bits per heavy atom. The third-order valence-corrected chi connectivity index (χ3v) is 11.8. The molecule has 1 amide bonds. The van der Waals surface area contributed by atoms with Crippen LogP contribution in [-0.4, -0.2) is 122 Å². The fourth-order valence-corrected chi connectivity index (χ4v) is 8.87. The Bertz CT molecular complexity index is 2290. The smallest absolute Gasteiger partial charge is 0.255 e. The van der Waals surface area contributed by atoms with E-state index in [2.05, 4.69) is 10.3 Å². The predicted octanol–water partition coefficient (Wildman–Crippen LogP) is 1.50. The Morgan fingerprint density at radius 3 is 2.33 bits per heavy atom. The molecule has 16 nitrogen and oxygen atoms in total. The van der Waals surface area contributed by atoms with Crippen LogP contribution in [0.15, 0.2) is 41.4 Å². The molecule has 1 heterocycles. The normalized spacial score (nSPS) is 30.1. The van der Waals surface area contributed by atoms with Crippen LogP contribution in [0.4, 0.5) is 0 Å². The minimum absolute atomic E-state index is 0.00701. The van der Waals surface area contributed by atoms with E-state index in [9.17, 15) is 54.6 Å². The lowest BCUT2D eigenvalue weighted by Crippen LogP contribution is -2.73. The number of ketones is 4. The van der Waals surface area contributed by atoms with Crippen LogP contribution in [0, 0.1) is 12.8 Å². The van der Waals surface area contributed by atoms with Crippen molar-refractivity contribution in [3.8, 4) is 11.5 Å². The molecule has 7 rings (SSSR count). The van der Waals surface area contributed by atoms with E-state index in [1.807, 2.05) is 0 Å². The first-order valence-electron chi connectivity index (χ1n) is 17.9. The highest BCUT2D eigenvalue weighted by Gasteiger charge is 2.72. The summed E-state index contributed by atoms with van der Waals surface area (Å²) in [7, 11) is 2.27. The number of nitrogens with one attached hydrogen (secondary N) is 1. The quantitative estimate of drug-likeness (QED) is 0.179. The van der Waals surface area contributed by atoms with E-state index in [4.69, 9.17) is 25.8 Å². The SMILES string of the molecule is CO[C@H]1[C@H](C)OC(N=C2CC(=O)c3c(cc4c(c3O)C(=O)[C@]3(OC)[C@H](O)Cc5cc(C)c(C(=O)NCc6ccc(Cl)cc6)c(O)c5[C@]3(O)C4=O)C2=O)C(CO)[C@@H]1O. The average Bonchev–Trinajstić information content (AvgIpc) is 3.15. The third-order valence-electron chi connectivity index (χ3n) is 11.6. The molecule has 57 heavy (non-hydrogen) atoms. The number of hydrogen-bond donors (Lipinski definition) is 7. The summed E-state index contributed by atoms with van der Waals surface area (Å²) in [6.07, 6.45) is -7.35. The number of phenolic OH excluding ortho intramolecular Hbond substituents is 2. The van der Waals surface area contributed by atoms with E-state index in [0.29, 0.717) is 10.6 Å². The third kappa shape index (κ3) is 5.77. The minimum atomic E-state index is -3.27. The van der Waals surface area contributed by atoms with Gasteiger partial charge in [0.15, 0.2) is 23.2 Å². The molecule has 0 aromatic heterocycles. The lowest BCUT2D eigenvalue weighted by molar-refractivity contribution is -0.206. The van der Waals surface area contributed by atoms with Crippen LogP contribution in [0.5, 0.6) is 11.5 Å². The number of ether oxygens (including phenoxy) is 3. The molecule has 1 saturated heterocycles. The van der Waals surface area contributed by atoms with Crippen LogP contribution in [0.3, 0.4) is 0 Å². The Labute approximate surface area is 329 Å². The summed E-state index contributed by atoms with van der Waals surface area (Å²) in [6, 6.07) is 8.78. The molecule has 0 radical (unpaired) electrons. The summed E-state index contributed by atoms with van der Waals surface area (Å²) in [6.45, 7) is 2.42. The first-order valence-corrected chi connectivity index (χ1v) is 18.3. The van der Waals surface area contributed by atoms with Crippen LogP contribution in [0.1, 0.15) is 87.4 Å². The number of Topliss-reactive ketones (excluding diaryl/α,β-unsaturated/α-hetero) is 4. The van der Waals surface area contributed by atoms with Gasteiger partial charge in [-0.3, -0.25) is 29.0 Å². The van der Waals surface area contributed by atoms with E-state index in [0.717, 1.165) is 13.2 Å². The number of phenols is 2. The largest absolute Gasteiger partial charge is 0.507 e. The Morgan fingerprint density at radius 2 is 1.70 bits per heavy atom.